The van der Waals surface area contributed by atoms with Crippen molar-refractivity contribution >= 4 is 11.8 Å². The third-order valence-electron chi connectivity index (χ3n) is 2.34. The molecule has 0 saturated carbocycles. The molecule has 18 heavy (non-hydrogen) atoms. The average Bonchev–Trinajstić information content (AvgIpc) is 2.83. The Morgan fingerprint density at radius 1 is 1.44 bits per heavy atom. The van der Waals surface area contributed by atoms with Gasteiger partial charge in [-0.15, -0.1) is 5.10 Å². The molecule has 0 bridgehead atoms. The second-order valence-corrected chi connectivity index (χ2v) is 3.67. The average molecular weight is 250 g/mol. The number of hydrogen-bond acceptors (Lipinski definition) is 5. The summed E-state index contributed by atoms with van der Waals surface area (Å²) >= 11 is 0. The van der Waals surface area contributed by atoms with Gasteiger partial charge in [0.05, 0.1) is 11.9 Å². The summed E-state index contributed by atoms with van der Waals surface area (Å²) < 4.78 is 1.78. The smallest absolute Gasteiger partial charge is 0.341 e. The van der Waals surface area contributed by atoms with E-state index in [9.17, 15) is 14.4 Å². The Balaban J connectivity index is 2.60. The van der Waals surface area contributed by atoms with Gasteiger partial charge in [-0.3, -0.25) is 14.7 Å². The third-order valence-corrected chi connectivity index (χ3v) is 2.34. The van der Waals surface area contributed by atoms with E-state index in [4.69, 9.17) is 5.73 Å². The number of carbonyl (C=O) groups is 2. The zero-order valence-corrected chi connectivity index (χ0v) is 9.67. The number of ketones is 1. The van der Waals surface area contributed by atoms with E-state index in [1.807, 2.05) is 0 Å². The standard InChI is InChI=1S/C9H10N6O3/c1-4-7(8(17)15(12-4)9(10)18)14-3-6(5(2)16)11-13-14/h3,12H,1-2H3,(H2,10,18). The largest absolute Gasteiger partial charge is 0.350 e. The van der Waals surface area contributed by atoms with Crippen LogP contribution < -0.4 is 11.3 Å². The number of primary amides is 1. The van der Waals surface area contributed by atoms with Crippen LogP contribution in [0.25, 0.3) is 5.69 Å². The number of Topliss-reactive ketones (excluding diaryl/α,β-unsaturated/α-hetero) is 1. The van der Waals surface area contributed by atoms with Crippen LogP contribution in [-0.2, 0) is 0 Å². The minimum absolute atomic E-state index is 0.0915. The fourth-order valence-electron chi connectivity index (χ4n) is 1.50. The Labute approximate surface area is 100 Å². The van der Waals surface area contributed by atoms with Crippen molar-refractivity contribution in [2.45, 2.75) is 13.8 Å². The number of nitrogens with two attached hydrogens (primary N) is 1. The van der Waals surface area contributed by atoms with Crippen molar-refractivity contribution in [1.29, 1.82) is 0 Å². The number of aromatic nitrogens is 5. The summed E-state index contributed by atoms with van der Waals surface area (Å²) in [5.41, 5.74) is 4.97. The summed E-state index contributed by atoms with van der Waals surface area (Å²) in [6, 6.07) is -0.929. The lowest BCUT2D eigenvalue weighted by Crippen LogP contribution is -2.31. The zero-order chi connectivity index (χ0) is 13.4. The Morgan fingerprint density at radius 3 is 2.56 bits per heavy atom. The van der Waals surface area contributed by atoms with Crippen LogP contribution in [-0.4, -0.2) is 36.6 Å². The molecule has 0 atom stereocenters. The summed E-state index contributed by atoms with van der Waals surface area (Å²) in [6.07, 6.45) is 1.31. The first-order chi connectivity index (χ1) is 8.41. The van der Waals surface area contributed by atoms with Crippen LogP contribution >= 0.6 is 0 Å². The van der Waals surface area contributed by atoms with Gasteiger partial charge in [-0.05, 0) is 6.92 Å². The van der Waals surface area contributed by atoms with Crippen LogP contribution in [0.1, 0.15) is 23.1 Å². The van der Waals surface area contributed by atoms with Crippen LogP contribution in [0.4, 0.5) is 4.79 Å². The highest BCUT2D eigenvalue weighted by atomic mass is 16.2. The highest BCUT2D eigenvalue weighted by Gasteiger charge is 2.18. The molecule has 9 nitrogen and oxygen atoms in total. The van der Waals surface area contributed by atoms with Gasteiger partial charge in [0.1, 0.15) is 5.69 Å². The fourth-order valence-corrected chi connectivity index (χ4v) is 1.50. The molecule has 0 aliphatic carbocycles. The van der Waals surface area contributed by atoms with Crippen molar-refractivity contribution in [2.75, 3.05) is 0 Å². The molecule has 0 aliphatic heterocycles. The maximum absolute atomic E-state index is 11.9. The van der Waals surface area contributed by atoms with Crippen LogP contribution in [0.3, 0.4) is 0 Å². The first kappa shape index (κ1) is 11.8. The van der Waals surface area contributed by atoms with E-state index >= 15 is 0 Å². The number of amides is 1. The normalized spacial score (nSPS) is 10.6. The van der Waals surface area contributed by atoms with Crippen molar-refractivity contribution in [2.24, 2.45) is 5.73 Å². The lowest BCUT2D eigenvalue weighted by molar-refractivity contribution is 0.101. The molecular formula is C9H10N6O3. The van der Waals surface area contributed by atoms with Gasteiger partial charge in [-0.2, -0.15) is 4.68 Å². The molecule has 94 valence electrons. The third kappa shape index (κ3) is 1.71. The predicted molar refractivity (Wildman–Crippen MR) is 59.7 cm³/mol. The molecule has 2 heterocycles. The summed E-state index contributed by atoms with van der Waals surface area (Å²) in [4.78, 5) is 33.9. The molecule has 0 saturated heterocycles. The highest BCUT2D eigenvalue weighted by Crippen LogP contribution is 2.06. The molecular weight excluding hydrogens is 240 g/mol. The van der Waals surface area contributed by atoms with E-state index in [1.165, 1.54) is 13.1 Å². The van der Waals surface area contributed by atoms with Crippen molar-refractivity contribution in [1.82, 2.24) is 24.8 Å². The van der Waals surface area contributed by atoms with Gasteiger partial charge in [0.25, 0.3) is 0 Å². The van der Waals surface area contributed by atoms with Crippen molar-refractivity contribution in [3.63, 3.8) is 0 Å². The van der Waals surface area contributed by atoms with Crippen LogP contribution in [0, 0.1) is 6.92 Å². The molecule has 2 aromatic heterocycles. The second kappa shape index (κ2) is 3.95. The second-order valence-electron chi connectivity index (χ2n) is 3.67. The SMILES string of the molecule is CC(=O)c1cn(-c2c(C)[nH]n(C(N)=O)c2=O)nn1. The van der Waals surface area contributed by atoms with Gasteiger partial charge >= 0.3 is 11.6 Å². The predicted octanol–water partition coefficient (Wildman–Crippen LogP) is -0.805. The number of hydrogen-bond donors (Lipinski definition) is 2. The number of carbonyl (C=O) groups excluding carboxylic acids is 2. The number of aromatic amines is 1. The number of rotatable bonds is 2. The van der Waals surface area contributed by atoms with Gasteiger partial charge in [-0.1, -0.05) is 5.21 Å². The van der Waals surface area contributed by atoms with E-state index in [2.05, 4.69) is 15.4 Å². The molecule has 2 rings (SSSR count). The maximum Gasteiger partial charge on any atom is 0.341 e. The Kier molecular flexibility index (Phi) is 2.58. The van der Waals surface area contributed by atoms with Gasteiger partial charge in [0.15, 0.2) is 11.5 Å². The molecule has 0 aromatic carbocycles. The zero-order valence-electron chi connectivity index (χ0n) is 9.67. The quantitative estimate of drug-likeness (QED) is 0.674. The molecule has 0 radical (unpaired) electrons. The maximum atomic E-state index is 11.9. The first-order valence-corrected chi connectivity index (χ1v) is 4.97. The van der Waals surface area contributed by atoms with Crippen molar-refractivity contribution in [3.05, 3.63) is 27.9 Å². The molecule has 1 amide bonds. The molecule has 0 aliphatic rings. The number of H-pyrrole nitrogens is 1. The van der Waals surface area contributed by atoms with Gasteiger partial charge in [0, 0.05) is 6.92 Å². The molecule has 0 unspecified atom stereocenters. The number of nitrogens with one attached hydrogen (secondary N) is 1. The minimum Gasteiger partial charge on any atom is -0.350 e. The summed E-state index contributed by atoms with van der Waals surface area (Å²) in [5.74, 6) is -0.273. The molecule has 0 spiro atoms. The van der Waals surface area contributed by atoms with Gasteiger partial charge < -0.3 is 5.73 Å². The molecule has 0 fully saturated rings. The van der Waals surface area contributed by atoms with Crippen LogP contribution in [0.15, 0.2) is 11.0 Å². The van der Waals surface area contributed by atoms with Gasteiger partial charge in [0.2, 0.25) is 0 Å². The molecule has 2 aromatic rings. The van der Waals surface area contributed by atoms with Crippen molar-refractivity contribution in [3.8, 4) is 5.69 Å². The lowest BCUT2D eigenvalue weighted by Gasteiger charge is -1.93. The Hall–Kier alpha value is -2.71. The van der Waals surface area contributed by atoms with Gasteiger partial charge in [-0.25, -0.2) is 9.48 Å². The summed E-state index contributed by atoms with van der Waals surface area (Å²) in [7, 11) is 0. The van der Waals surface area contributed by atoms with Crippen molar-refractivity contribution < 1.29 is 9.59 Å². The highest BCUT2D eigenvalue weighted by molar-refractivity contribution is 5.91. The van der Waals surface area contributed by atoms with E-state index in [0.717, 1.165) is 4.68 Å². The molecule has 3 N–H and O–H groups in total. The fraction of sp³-hybridized carbons (Fsp3) is 0.222. The van der Waals surface area contributed by atoms with Crippen LogP contribution in [0.2, 0.25) is 0 Å². The Morgan fingerprint density at radius 2 is 2.11 bits per heavy atom. The lowest BCUT2D eigenvalue weighted by atomic mass is 10.3. The topological polar surface area (TPSA) is 129 Å². The van der Waals surface area contributed by atoms with E-state index in [0.29, 0.717) is 10.4 Å². The molecule has 9 heteroatoms. The van der Waals surface area contributed by atoms with E-state index in [-0.39, 0.29) is 17.2 Å². The summed E-state index contributed by atoms with van der Waals surface area (Å²) in [5, 5.41) is 9.78. The minimum atomic E-state index is -0.929. The van der Waals surface area contributed by atoms with Crippen LogP contribution in [0.5, 0.6) is 0 Å². The monoisotopic (exact) mass is 250 g/mol. The number of nitrogens with zero attached hydrogens (tertiary/aromatic N) is 4. The first-order valence-electron chi connectivity index (χ1n) is 4.97. The van der Waals surface area contributed by atoms with E-state index in [1.54, 1.807) is 6.92 Å². The summed E-state index contributed by atoms with van der Waals surface area (Å²) in [6.45, 7) is 2.91. The number of aryl methyl sites for hydroxylation is 1. The Bertz CT molecular complexity index is 691. The van der Waals surface area contributed by atoms with E-state index < -0.39 is 11.6 Å².